The van der Waals surface area contributed by atoms with E-state index in [-0.39, 0.29) is 11.3 Å². The van der Waals surface area contributed by atoms with E-state index in [2.05, 4.69) is 34.1 Å². The highest BCUT2D eigenvalue weighted by molar-refractivity contribution is 6.29. The largest absolute Gasteiger partial charge is 0.292 e. The molecule has 2 aliphatic heterocycles. The average Bonchev–Trinajstić information content (AvgIpc) is 3.11. The minimum absolute atomic E-state index is 0.206. The Morgan fingerprint density at radius 1 is 1.17 bits per heavy atom. The number of aromatic nitrogens is 1. The van der Waals surface area contributed by atoms with E-state index in [1.165, 1.54) is 5.56 Å². The number of hydrogen-bond acceptors (Lipinski definition) is 3. The van der Waals surface area contributed by atoms with E-state index in [9.17, 15) is 4.79 Å². The summed E-state index contributed by atoms with van der Waals surface area (Å²) in [7, 11) is 0. The zero-order chi connectivity index (χ0) is 15.9. The van der Waals surface area contributed by atoms with Gasteiger partial charge < -0.3 is 0 Å². The molecule has 0 radical (unpaired) electrons. The van der Waals surface area contributed by atoms with Gasteiger partial charge in [-0.05, 0) is 43.4 Å². The zero-order valence-electron chi connectivity index (χ0n) is 12.9. The van der Waals surface area contributed by atoms with Crippen molar-refractivity contribution in [1.82, 2.24) is 9.88 Å². The van der Waals surface area contributed by atoms with Gasteiger partial charge in [-0.3, -0.25) is 9.69 Å². The molecule has 23 heavy (non-hydrogen) atoms. The van der Waals surface area contributed by atoms with E-state index in [0.29, 0.717) is 16.8 Å². The van der Waals surface area contributed by atoms with Gasteiger partial charge in [0.15, 0.2) is 5.78 Å². The van der Waals surface area contributed by atoms with Crippen LogP contribution in [0.1, 0.15) is 41.6 Å². The normalized spacial score (nSPS) is 26.6. The number of benzene rings is 1. The maximum Gasteiger partial charge on any atom is 0.184 e. The summed E-state index contributed by atoms with van der Waals surface area (Å²) in [5.41, 5.74) is 1.60. The SMILES string of the molecule is O=C(c1ccc(Cl)nc1)C12CCC(CC1)N2Cc1ccccc1. The van der Waals surface area contributed by atoms with Crippen molar-refractivity contribution in [2.75, 3.05) is 0 Å². The first-order valence-electron chi connectivity index (χ1n) is 8.16. The summed E-state index contributed by atoms with van der Waals surface area (Å²) >= 11 is 5.86. The van der Waals surface area contributed by atoms with Crippen LogP contribution in [-0.2, 0) is 6.54 Å². The molecule has 0 atom stereocenters. The van der Waals surface area contributed by atoms with Crippen LogP contribution in [0.15, 0.2) is 48.7 Å². The van der Waals surface area contributed by atoms with Crippen molar-refractivity contribution in [2.45, 2.75) is 43.8 Å². The van der Waals surface area contributed by atoms with Crippen LogP contribution in [0.5, 0.6) is 0 Å². The molecule has 0 unspecified atom stereocenters. The van der Waals surface area contributed by atoms with E-state index in [1.807, 2.05) is 6.07 Å². The Morgan fingerprint density at radius 3 is 2.57 bits per heavy atom. The van der Waals surface area contributed by atoms with Gasteiger partial charge in [0, 0.05) is 24.3 Å². The molecule has 2 aromatic rings. The smallest absolute Gasteiger partial charge is 0.184 e. The first-order chi connectivity index (χ1) is 11.2. The maximum absolute atomic E-state index is 13.2. The van der Waals surface area contributed by atoms with Crippen molar-refractivity contribution >= 4 is 17.4 Å². The second-order valence-corrected chi connectivity index (χ2v) is 6.96. The van der Waals surface area contributed by atoms with Crippen molar-refractivity contribution in [3.05, 3.63) is 64.9 Å². The molecule has 4 heteroatoms. The number of Topliss-reactive ketones (excluding diaryl/α,β-unsaturated/α-hetero) is 1. The molecule has 118 valence electrons. The van der Waals surface area contributed by atoms with Crippen molar-refractivity contribution in [1.29, 1.82) is 0 Å². The molecule has 2 bridgehead atoms. The Bertz CT molecular complexity index is 706. The maximum atomic E-state index is 13.2. The number of fused-ring (bicyclic) bond motifs is 2. The molecule has 1 aromatic carbocycles. The summed E-state index contributed by atoms with van der Waals surface area (Å²) < 4.78 is 0. The zero-order valence-corrected chi connectivity index (χ0v) is 13.7. The lowest BCUT2D eigenvalue weighted by atomic mass is 9.82. The average molecular weight is 327 g/mol. The first-order valence-corrected chi connectivity index (χ1v) is 8.54. The number of ketones is 1. The molecular formula is C19H19ClN2O. The molecule has 2 saturated heterocycles. The number of hydrogen-bond donors (Lipinski definition) is 0. The van der Waals surface area contributed by atoms with Gasteiger partial charge in [0.25, 0.3) is 0 Å². The number of rotatable bonds is 4. The molecule has 0 amide bonds. The third kappa shape index (κ3) is 2.48. The Morgan fingerprint density at radius 2 is 1.91 bits per heavy atom. The van der Waals surface area contributed by atoms with E-state index in [4.69, 9.17) is 11.6 Å². The van der Waals surface area contributed by atoms with E-state index >= 15 is 0 Å². The summed E-state index contributed by atoms with van der Waals surface area (Å²) in [5.74, 6) is 0.206. The van der Waals surface area contributed by atoms with Gasteiger partial charge in [-0.25, -0.2) is 4.98 Å². The summed E-state index contributed by atoms with van der Waals surface area (Å²) in [6, 6.07) is 14.5. The molecule has 0 aliphatic carbocycles. The van der Waals surface area contributed by atoms with Gasteiger partial charge in [0.05, 0.1) is 5.54 Å². The van der Waals surface area contributed by atoms with Crippen molar-refractivity contribution in [3.63, 3.8) is 0 Å². The summed E-state index contributed by atoms with van der Waals surface area (Å²) in [5, 5.41) is 0.427. The molecular weight excluding hydrogens is 308 g/mol. The third-order valence-corrected chi connectivity index (χ3v) is 5.60. The summed E-state index contributed by atoms with van der Waals surface area (Å²) in [6.07, 6.45) is 5.74. The van der Waals surface area contributed by atoms with Gasteiger partial charge in [0.2, 0.25) is 0 Å². The number of carbonyl (C=O) groups excluding carboxylic acids is 1. The highest BCUT2D eigenvalue weighted by Crippen LogP contribution is 2.48. The molecule has 0 spiro atoms. The predicted octanol–water partition coefficient (Wildman–Crippen LogP) is 4.11. The van der Waals surface area contributed by atoms with Crippen LogP contribution in [0.3, 0.4) is 0 Å². The lowest BCUT2D eigenvalue weighted by molar-refractivity contribution is 0.0689. The highest BCUT2D eigenvalue weighted by Gasteiger charge is 2.55. The molecule has 2 fully saturated rings. The molecule has 2 aliphatic rings. The van der Waals surface area contributed by atoms with E-state index in [0.717, 1.165) is 32.2 Å². The second-order valence-electron chi connectivity index (χ2n) is 6.57. The van der Waals surface area contributed by atoms with Crippen molar-refractivity contribution < 1.29 is 4.79 Å². The van der Waals surface area contributed by atoms with Crippen molar-refractivity contribution in [3.8, 4) is 0 Å². The minimum Gasteiger partial charge on any atom is -0.292 e. The lowest BCUT2D eigenvalue weighted by Crippen LogP contribution is -2.47. The van der Waals surface area contributed by atoms with Crippen molar-refractivity contribution in [2.24, 2.45) is 0 Å². The quantitative estimate of drug-likeness (QED) is 0.626. The van der Waals surface area contributed by atoms with Crippen LogP contribution < -0.4 is 0 Å². The Kier molecular flexibility index (Phi) is 3.70. The van der Waals surface area contributed by atoms with E-state index in [1.54, 1.807) is 18.3 Å². The predicted molar refractivity (Wildman–Crippen MR) is 90.5 cm³/mol. The Balaban J connectivity index is 1.64. The van der Waals surface area contributed by atoms with Gasteiger partial charge in [-0.15, -0.1) is 0 Å². The molecule has 0 saturated carbocycles. The summed E-state index contributed by atoms with van der Waals surface area (Å²) in [4.78, 5) is 19.7. The molecule has 4 rings (SSSR count). The minimum atomic E-state index is -0.351. The fourth-order valence-corrected chi connectivity index (χ4v) is 4.34. The van der Waals surface area contributed by atoms with Gasteiger partial charge in [-0.1, -0.05) is 41.9 Å². The monoisotopic (exact) mass is 326 g/mol. The van der Waals surface area contributed by atoms with Crippen LogP contribution in [-0.4, -0.2) is 27.2 Å². The Hall–Kier alpha value is -1.71. The van der Waals surface area contributed by atoms with Gasteiger partial charge in [0.1, 0.15) is 5.15 Å². The van der Waals surface area contributed by atoms with Crippen LogP contribution >= 0.6 is 11.6 Å². The van der Waals surface area contributed by atoms with E-state index < -0.39 is 0 Å². The first kappa shape index (κ1) is 14.9. The summed E-state index contributed by atoms with van der Waals surface area (Å²) in [6.45, 7) is 0.846. The molecule has 0 N–H and O–H groups in total. The molecule has 3 nitrogen and oxygen atoms in total. The fraction of sp³-hybridized carbons (Fsp3) is 0.368. The van der Waals surface area contributed by atoms with Crippen LogP contribution in [0, 0.1) is 0 Å². The lowest BCUT2D eigenvalue weighted by Gasteiger charge is -2.33. The number of nitrogens with zero attached hydrogens (tertiary/aromatic N) is 2. The molecule has 1 aromatic heterocycles. The fourth-order valence-electron chi connectivity index (χ4n) is 4.23. The topological polar surface area (TPSA) is 33.2 Å². The highest BCUT2D eigenvalue weighted by atomic mass is 35.5. The second kappa shape index (κ2) is 5.73. The van der Waals surface area contributed by atoms with Crippen LogP contribution in [0.4, 0.5) is 0 Å². The van der Waals surface area contributed by atoms with Gasteiger partial charge in [-0.2, -0.15) is 0 Å². The number of carbonyl (C=O) groups is 1. The number of pyridine rings is 1. The number of halogens is 1. The molecule has 3 heterocycles. The van der Waals surface area contributed by atoms with Gasteiger partial charge >= 0.3 is 0 Å². The third-order valence-electron chi connectivity index (χ3n) is 5.38. The Labute approximate surface area is 141 Å². The van der Waals surface area contributed by atoms with Crippen LogP contribution in [0.2, 0.25) is 5.15 Å². The standard InChI is InChI=1S/C19H19ClN2O/c20-17-7-6-15(12-21-17)18(23)19-10-8-16(9-11-19)22(19)13-14-4-2-1-3-5-14/h1-7,12,16H,8-11,13H2. The van der Waals surface area contributed by atoms with Crippen LogP contribution in [0.25, 0.3) is 0 Å².